The molecule has 5 rings (SSSR count). The third kappa shape index (κ3) is 6.29. The highest BCUT2D eigenvalue weighted by molar-refractivity contribution is 6.29. The van der Waals surface area contributed by atoms with E-state index in [0.717, 1.165) is 49.2 Å². The molecule has 1 fully saturated rings. The fourth-order valence-corrected chi connectivity index (χ4v) is 5.94. The molecule has 1 aliphatic carbocycles. The summed E-state index contributed by atoms with van der Waals surface area (Å²) in [4.78, 5) is 10.8. The molecule has 0 radical (unpaired) electrons. The van der Waals surface area contributed by atoms with Gasteiger partial charge in [0, 0.05) is 24.2 Å². The number of nitrogens with zero attached hydrogens (tertiary/aromatic N) is 4. The van der Waals surface area contributed by atoms with Crippen LogP contribution in [0.25, 0.3) is 22.2 Å². The summed E-state index contributed by atoms with van der Waals surface area (Å²) in [5.41, 5.74) is 9.76. The third-order valence-electron chi connectivity index (χ3n) is 7.83. The number of nitrogens with two attached hydrogens (primary N) is 1. The number of hydrogen-bond acceptors (Lipinski definition) is 7. The van der Waals surface area contributed by atoms with E-state index < -0.39 is 12.2 Å². The van der Waals surface area contributed by atoms with Crippen LogP contribution in [0.3, 0.4) is 0 Å². The van der Waals surface area contributed by atoms with Gasteiger partial charge in [0.15, 0.2) is 0 Å². The van der Waals surface area contributed by atoms with E-state index >= 15 is 0 Å². The Balaban J connectivity index is 1.20. The summed E-state index contributed by atoms with van der Waals surface area (Å²) in [6, 6.07) is 16.0. The Morgan fingerprint density at radius 1 is 1.07 bits per heavy atom. The van der Waals surface area contributed by atoms with Gasteiger partial charge in [-0.1, -0.05) is 42.5 Å². The number of benzene rings is 2. The molecule has 2 heterocycles. The summed E-state index contributed by atoms with van der Waals surface area (Å²) in [6.45, 7) is 3.21. The Morgan fingerprint density at radius 2 is 1.82 bits per heavy atom. The van der Waals surface area contributed by atoms with Crippen LogP contribution in [0.15, 0.2) is 60.8 Å². The van der Waals surface area contributed by atoms with Crippen molar-refractivity contribution < 1.29 is 14.6 Å². The quantitative estimate of drug-likeness (QED) is 0.161. The average molecular weight is 567 g/mol. The second-order valence-corrected chi connectivity index (χ2v) is 11.0. The molecule has 5 N–H and O–H groups in total. The van der Waals surface area contributed by atoms with Crippen LogP contribution >= 0.6 is 11.6 Å². The van der Waals surface area contributed by atoms with Crippen LogP contribution in [-0.2, 0) is 6.42 Å². The second-order valence-electron chi connectivity index (χ2n) is 10.7. The zero-order valence-corrected chi connectivity index (χ0v) is 23.3. The van der Waals surface area contributed by atoms with Crippen molar-refractivity contribution in [2.45, 2.75) is 37.5 Å². The van der Waals surface area contributed by atoms with Gasteiger partial charge in [-0.05, 0) is 80.8 Å². The summed E-state index contributed by atoms with van der Waals surface area (Å²) < 4.78 is 14.9. The Kier molecular flexibility index (Phi) is 8.97. The fourth-order valence-electron chi connectivity index (χ4n) is 5.77. The normalized spacial score (nSPS) is 21.1. The van der Waals surface area contributed by atoms with Gasteiger partial charge in [-0.2, -0.15) is 4.98 Å². The number of aliphatic hydroxyl groups is 2. The lowest BCUT2D eigenvalue weighted by molar-refractivity contribution is 0.00170. The highest BCUT2D eigenvalue weighted by Crippen LogP contribution is 2.41. The fraction of sp³-hybridized carbons (Fsp3) is 0.400. The predicted octanol–water partition coefficient (Wildman–Crippen LogP) is 3.91. The minimum Gasteiger partial charge on any atom is -0.390 e. The maximum absolute atomic E-state index is 13.0. The van der Waals surface area contributed by atoms with E-state index in [-0.39, 0.29) is 28.9 Å². The molecule has 40 heavy (non-hydrogen) atoms. The summed E-state index contributed by atoms with van der Waals surface area (Å²) in [5.74, 6) is -0.0420. The van der Waals surface area contributed by atoms with Crippen molar-refractivity contribution in [3.8, 4) is 11.1 Å². The van der Waals surface area contributed by atoms with Crippen LogP contribution in [0.5, 0.6) is 0 Å². The zero-order valence-electron chi connectivity index (χ0n) is 22.5. The molecule has 8 nitrogen and oxygen atoms in total. The van der Waals surface area contributed by atoms with Gasteiger partial charge < -0.3 is 30.7 Å². The number of nitrogens with one attached hydrogen (secondary N) is 1. The second kappa shape index (κ2) is 12.6. The summed E-state index contributed by atoms with van der Waals surface area (Å²) in [7, 11) is 2.04. The molecule has 1 aliphatic rings. The molecule has 2 aromatic carbocycles. The first-order valence-corrected chi connectivity index (χ1v) is 14.1. The van der Waals surface area contributed by atoms with Gasteiger partial charge in [0.25, 0.3) is 0 Å². The maximum Gasteiger partial charge on any atom is 0.226 e. The molecule has 0 unspecified atom stereocenters. The van der Waals surface area contributed by atoms with E-state index in [2.05, 4.69) is 20.2 Å². The van der Waals surface area contributed by atoms with E-state index in [1.54, 1.807) is 0 Å². The SMILES string of the molecule is CN(CCCNCCc1ccc(F)cc1)C[C@H]1C[C@@H](n2cc(-c3ccccc3)c3c(N)nc(Cl)nc32)[C@H](O)[C@@H]1O. The molecule has 4 atom stereocenters. The van der Waals surface area contributed by atoms with Gasteiger partial charge in [0.05, 0.1) is 17.5 Å². The van der Waals surface area contributed by atoms with Crippen molar-refractivity contribution in [2.24, 2.45) is 5.92 Å². The molecule has 0 spiro atoms. The third-order valence-corrected chi connectivity index (χ3v) is 8.00. The van der Waals surface area contributed by atoms with Crippen molar-refractivity contribution in [1.82, 2.24) is 24.8 Å². The Morgan fingerprint density at radius 3 is 2.58 bits per heavy atom. The van der Waals surface area contributed by atoms with Crippen molar-refractivity contribution in [2.75, 3.05) is 39.0 Å². The number of fused-ring (bicyclic) bond motifs is 1. The van der Waals surface area contributed by atoms with Crippen LogP contribution in [0.1, 0.15) is 24.4 Å². The topological polar surface area (TPSA) is 112 Å². The van der Waals surface area contributed by atoms with Gasteiger partial charge in [-0.15, -0.1) is 0 Å². The predicted molar refractivity (Wildman–Crippen MR) is 157 cm³/mol. The van der Waals surface area contributed by atoms with Crippen molar-refractivity contribution in [3.05, 3.63) is 77.5 Å². The maximum atomic E-state index is 13.0. The van der Waals surface area contributed by atoms with E-state index in [9.17, 15) is 14.6 Å². The number of aromatic nitrogens is 3. The monoisotopic (exact) mass is 566 g/mol. The molecule has 0 saturated heterocycles. The minimum absolute atomic E-state index is 0.0413. The molecule has 10 heteroatoms. The van der Waals surface area contributed by atoms with Gasteiger partial charge >= 0.3 is 0 Å². The Hall–Kier alpha value is -3.08. The van der Waals surface area contributed by atoms with Crippen LogP contribution in [-0.4, -0.2) is 75.1 Å². The summed E-state index contributed by atoms with van der Waals surface area (Å²) >= 11 is 6.18. The van der Waals surface area contributed by atoms with Gasteiger partial charge in [0.2, 0.25) is 5.28 Å². The van der Waals surface area contributed by atoms with E-state index in [1.807, 2.05) is 60.3 Å². The van der Waals surface area contributed by atoms with E-state index in [1.165, 1.54) is 12.1 Å². The molecule has 0 amide bonds. The first-order valence-electron chi connectivity index (χ1n) is 13.7. The molecular formula is C30H36ClFN6O2. The van der Waals surface area contributed by atoms with Crippen LogP contribution in [0.4, 0.5) is 10.2 Å². The largest absolute Gasteiger partial charge is 0.390 e. The standard InChI is InChI=1S/C30H36ClFN6O2/c1-37(15-5-13-34-14-12-19-8-10-22(32)11-9-19)17-21-16-24(27(40)26(21)39)38-18-23(20-6-3-2-4-7-20)25-28(33)35-30(31)36-29(25)38/h2-4,6-11,18,21,24,26-27,34,39-40H,5,12-17H2,1H3,(H2,33,35,36)/t21-,24-,26-,27+/m1/s1. The summed E-state index contributed by atoms with van der Waals surface area (Å²) in [6.07, 6.45) is 2.50. The lowest BCUT2D eigenvalue weighted by atomic mass is 10.1. The molecule has 0 bridgehead atoms. The van der Waals surface area contributed by atoms with Crippen molar-refractivity contribution >= 4 is 28.5 Å². The lowest BCUT2D eigenvalue weighted by Crippen LogP contribution is -2.35. The number of nitrogen functional groups attached to an aromatic ring is 1. The molecule has 0 aliphatic heterocycles. The zero-order chi connectivity index (χ0) is 28.2. The first kappa shape index (κ1) is 28.4. The molecular weight excluding hydrogens is 531 g/mol. The van der Waals surface area contributed by atoms with Gasteiger partial charge in [0.1, 0.15) is 23.4 Å². The Bertz CT molecular complexity index is 1420. The van der Waals surface area contributed by atoms with E-state index in [4.69, 9.17) is 17.3 Å². The molecule has 212 valence electrons. The van der Waals surface area contributed by atoms with Crippen LogP contribution < -0.4 is 11.1 Å². The number of hydrogen-bond donors (Lipinski definition) is 4. The first-order chi connectivity index (χ1) is 19.3. The van der Waals surface area contributed by atoms with Gasteiger partial charge in [-0.25, -0.2) is 9.37 Å². The highest BCUT2D eigenvalue weighted by atomic mass is 35.5. The van der Waals surface area contributed by atoms with E-state index in [0.29, 0.717) is 24.0 Å². The number of anilines is 1. The van der Waals surface area contributed by atoms with Crippen molar-refractivity contribution in [3.63, 3.8) is 0 Å². The molecule has 2 aromatic heterocycles. The highest BCUT2D eigenvalue weighted by Gasteiger charge is 2.43. The Labute approximate surface area is 238 Å². The van der Waals surface area contributed by atoms with Crippen molar-refractivity contribution in [1.29, 1.82) is 0 Å². The smallest absolute Gasteiger partial charge is 0.226 e. The molecule has 4 aromatic rings. The van der Waals surface area contributed by atoms with Crippen LogP contribution in [0, 0.1) is 11.7 Å². The number of halogens is 2. The summed E-state index contributed by atoms with van der Waals surface area (Å²) in [5, 5.41) is 26.3. The number of rotatable bonds is 11. The molecule has 1 saturated carbocycles. The van der Waals surface area contributed by atoms with Gasteiger partial charge in [-0.3, -0.25) is 0 Å². The number of aliphatic hydroxyl groups excluding tert-OH is 2. The van der Waals surface area contributed by atoms with Crippen LogP contribution in [0.2, 0.25) is 5.28 Å². The average Bonchev–Trinajstić information content (AvgIpc) is 3.45. The minimum atomic E-state index is -0.958. The lowest BCUT2D eigenvalue weighted by Gasteiger charge is -2.23.